The lowest BCUT2D eigenvalue weighted by molar-refractivity contribution is -0.0925. The Hall–Kier alpha value is -3.21. The van der Waals surface area contributed by atoms with Crippen LogP contribution >= 0.6 is 22.6 Å². The van der Waals surface area contributed by atoms with E-state index in [9.17, 15) is 18.0 Å². The smallest absolute Gasteiger partial charge is 0.430 e. The van der Waals surface area contributed by atoms with Crippen LogP contribution in [0.15, 0.2) is 89.8 Å². The first-order valence-electron chi connectivity index (χ1n) is 9.71. The number of esters is 1. The van der Waals surface area contributed by atoms with E-state index in [1.165, 1.54) is 24.3 Å². The first kappa shape index (κ1) is 24.4. The van der Waals surface area contributed by atoms with Crippen LogP contribution in [0.2, 0.25) is 0 Å². The van der Waals surface area contributed by atoms with Crippen molar-refractivity contribution < 1.29 is 22.7 Å². The number of nitrogens with two attached hydrogens (primary N) is 1. The molecule has 0 saturated carbocycles. The lowest BCUT2D eigenvalue weighted by atomic mass is 10.1. The average Bonchev–Trinajstić information content (AvgIpc) is 2.82. The van der Waals surface area contributed by atoms with Crippen LogP contribution in [0, 0.1) is 0 Å². The second-order valence-electron chi connectivity index (χ2n) is 6.87. The molecule has 0 atom stereocenters. The fourth-order valence-corrected chi connectivity index (χ4v) is 3.41. The van der Waals surface area contributed by atoms with Gasteiger partial charge in [-0.2, -0.15) is 13.2 Å². The van der Waals surface area contributed by atoms with Gasteiger partial charge in [-0.05, 0) is 47.5 Å². The molecule has 0 aliphatic heterocycles. The first-order chi connectivity index (χ1) is 15.8. The molecule has 1 aromatic heterocycles. The number of hydrogen-bond donors (Lipinski definition) is 1. The Balaban J connectivity index is 1.89. The summed E-state index contributed by atoms with van der Waals surface area (Å²) in [6.07, 6.45) is -0.717. The van der Waals surface area contributed by atoms with Gasteiger partial charge in [0.15, 0.2) is 0 Å². The number of hydrogen-bond acceptors (Lipinski definition) is 5. The number of benzene rings is 2. The van der Waals surface area contributed by atoms with E-state index in [1.54, 1.807) is 36.7 Å². The zero-order valence-corrected chi connectivity index (χ0v) is 19.4. The van der Waals surface area contributed by atoms with Gasteiger partial charge in [0.2, 0.25) is 0 Å². The zero-order valence-electron chi connectivity index (χ0n) is 17.2. The van der Waals surface area contributed by atoms with Crippen molar-refractivity contribution in [3.63, 3.8) is 0 Å². The van der Waals surface area contributed by atoms with Gasteiger partial charge in [0, 0.05) is 22.4 Å². The second-order valence-corrected chi connectivity index (χ2v) is 7.63. The van der Waals surface area contributed by atoms with E-state index in [0.717, 1.165) is 17.2 Å². The highest BCUT2D eigenvalue weighted by Gasteiger charge is 2.31. The predicted molar refractivity (Wildman–Crippen MR) is 128 cm³/mol. The van der Waals surface area contributed by atoms with Gasteiger partial charge < -0.3 is 10.5 Å². The van der Waals surface area contributed by atoms with E-state index in [2.05, 4.69) is 32.6 Å². The maximum atomic E-state index is 13.1. The number of aromatic nitrogens is 1. The molecular formula is C24H19F3IN3O2. The number of carbonyl (C=O) groups is 1. The van der Waals surface area contributed by atoms with Crippen molar-refractivity contribution in [2.24, 2.45) is 10.7 Å². The molecule has 1 heterocycles. The number of halogens is 4. The number of pyridine rings is 1. The topological polar surface area (TPSA) is 77.6 Å². The molecule has 9 heteroatoms. The molecule has 3 rings (SSSR count). The minimum atomic E-state index is -4.69. The number of alkyl halides is 4. The Bertz CT molecular complexity index is 1160. The molecular weight excluding hydrogens is 546 g/mol. The van der Waals surface area contributed by atoms with Crippen molar-refractivity contribution in [2.75, 3.05) is 0 Å². The normalized spacial score (nSPS) is 12.5. The van der Waals surface area contributed by atoms with Gasteiger partial charge in [0.05, 0.1) is 17.0 Å². The highest BCUT2D eigenvalue weighted by Crippen LogP contribution is 2.26. The molecule has 0 fully saturated rings. The Morgan fingerprint density at radius 3 is 2.30 bits per heavy atom. The van der Waals surface area contributed by atoms with E-state index in [0.29, 0.717) is 15.7 Å². The summed E-state index contributed by atoms with van der Waals surface area (Å²) >= 11 is 2.16. The average molecular weight is 565 g/mol. The monoisotopic (exact) mass is 565 g/mol. The summed E-state index contributed by atoms with van der Waals surface area (Å²) in [5.41, 5.74) is 6.83. The van der Waals surface area contributed by atoms with E-state index < -0.39 is 17.8 Å². The van der Waals surface area contributed by atoms with Crippen LogP contribution < -0.4 is 5.73 Å². The molecule has 2 aromatic carbocycles. The Morgan fingerprint density at radius 2 is 1.67 bits per heavy atom. The number of nitrogens with zero attached hydrogens (tertiary/aromatic N) is 2. The van der Waals surface area contributed by atoms with Gasteiger partial charge in [-0.1, -0.05) is 52.9 Å². The minimum absolute atomic E-state index is 0.0267. The molecule has 0 spiro atoms. The van der Waals surface area contributed by atoms with Crippen molar-refractivity contribution >= 4 is 40.0 Å². The fraction of sp³-hybridized carbons (Fsp3) is 0.125. The van der Waals surface area contributed by atoms with Gasteiger partial charge in [-0.3, -0.25) is 4.98 Å². The standard InChI is InChI=1S/C24H19F3IN3O2/c25-24(26,27)22(29)13-21(31-20-4-2-1-3-19(20)14-28)17-5-7-18(8-6-17)23(32)33-15-16-9-11-30-12-10-16/h1-13H,14-15,29H2. The van der Waals surface area contributed by atoms with Crippen LogP contribution in [0.1, 0.15) is 27.0 Å². The minimum Gasteiger partial charge on any atom is -0.457 e. The molecule has 0 aliphatic carbocycles. The number of rotatable bonds is 7. The van der Waals surface area contributed by atoms with Crippen LogP contribution in [0.3, 0.4) is 0 Å². The number of carbonyl (C=O) groups excluding carboxylic acids is 1. The van der Waals surface area contributed by atoms with E-state index in [4.69, 9.17) is 10.5 Å². The summed E-state index contributed by atoms with van der Waals surface area (Å²) in [7, 11) is 0. The molecule has 0 amide bonds. The Kier molecular flexibility index (Phi) is 8.21. The van der Waals surface area contributed by atoms with Gasteiger partial charge in [0.1, 0.15) is 12.3 Å². The highest BCUT2D eigenvalue weighted by molar-refractivity contribution is 14.1. The van der Waals surface area contributed by atoms with Crippen LogP contribution in [0.25, 0.3) is 0 Å². The quantitative estimate of drug-likeness (QED) is 0.168. The molecule has 33 heavy (non-hydrogen) atoms. The summed E-state index contributed by atoms with van der Waals surface area (Å²) in [5.74, 6) is -0.558. The summed E-state index contributed by atoms with van der Waals surface area (Å²) < 4.78 is 45.2. The van der Waals surface area contributed by atoms with Gasteiger partial charge in [0.25, 0.3) is 0 Å². The zero-order chi connectivity index (χ0) is 23.8. The summed E-state index contributed by atoms with van der Waals surface area (Å²) in [4.78, 5) is 20.7. The van der Waals surface area contributed by atoms with Crippen molar-refractivity contribution in [2.45, 2.75) is 17.2 Å². The number of allylic oxidation sites excluding steroid dienone is 2. The van der Waals surface area contributed by atoms with Crippen LogP contribution in [-0.4, -0.2) is 22.8 Å². The molecule has 2 N–H and O–H groups in total. The van der Waals surface area contributed by atoms with Crippen molar-refractivity contribution in [3.05, 3.63) is 107 Å². The summed E-state index contributed by atoms with van der Waals surface area (Å²) in [6.45, 7) is 0.0771. The molecule has 0 saturated heterocycles. The summed E-state index contributed by atoms with van der Waals surface area (Å²) in [6, 6.07) is 16.6. The maximum absolute atomic E-state index is 13.1. The van der Waals surface area contributed by atoms with Gasteiger partial charge >= 0.3 is 12.1 Å². The largest absolute Gasteiger partial charge is 0.457 e. The second kappa shape index (κ2) is 11.1. The third kappa shape index (κ3) is 6.88. The molecule has 0 bridgehead atoms. The predicted octanol–water partition coefficient (Wildman–Crippen LogP) is 5.90. The molecule has 3 aromatic rings. The fourth-order valence-electron chi connectivity index (χ4n) is 2.76. The number of para-hydroxylation sites is 1. The lowest BCUT2D eigenvalue weighted by Crippen LogP contribution is -2.21. The van der Waals surface area contributed by atoms with Crippen molar-refractivity contribution in [3.8, 4) is 0 Å². The van der Waals surface area contributed by atoms with E-state index in [1.807, 2.05) is 12.1 Å². The van der Waals surface area contributed by atoms with Crippen molar-refractivity contribution in [1.29, 1.82) is 0 Å². The van der Waals surface area contributed by atoms with Crippen LogP contribution in [0.5, 0.6) is 0 Å². The van der Waals surface area contributed by atoms with E-state index in [-0.39, 0.29) is 17.9 Å². The molecule has 5 nitrogen and oxygen atoms in total. The van der Waals surface area contributed by atoms with Crippen LogP contribution in [0.4, 0.5) is 18.9 Å². The summed E-state index contributed by atoms with van der Waals surface area (Å²) in [5, 5.41) is 0. The molecule has 0 aliphatic rings. The number of aliphatic imine (C=N–C) groups is 1. The SMILES string of the molecule is NC(=CC(=Nc1ccccc1CI)c1ccc(C(=O)OCc2ccncc2)cc1)C(F)(F)F. The third-order valence-corrected chi connectivity index (χ3v) is 5.35. The molecule has 170 valence electrons. The maximum Gasteiger partial charge on any atom is 0.430 e. The first-order valence-corrected chi connectivity index (χ1v) is 11.2. The molecule has 0 radical (unpaired) electrons. The van der Waals surface area contributed by atoms with Crippen molar-refractivity contribution in [1.82, 2.24) is 4.98 Å². The molecule has 0 unspecified atom stereocenters. The Labute approximate surface area is 202 Å². The van der Waals surface area contributed by atoms with Gasteiger partial charge in [-0.25, -0.2) is 9.79 Å². The highest BCUT2D eigenvalue weighted by atomic mass is 127. The lowest BCUT2D eigenvalue weighted by Gasteiger charge is -2.10. The number of ether oxygens (including phenoxy) is 1. The third-order valence-electron chi connectivity index (χ3n) is 4.53. The van der Waals surface area contributed by atoms with Gasteiger partial charge in [-0.15, -0.1) is 0 Å². The Morgan fingerprint density at radius 1 is 1.03 bits per heavy atom. The van der Waals surface area contributed by atoms with E-state index >= 15 is 0 Å². The van der Waals surface area contributed by atoms with Crippen LogP contribution in [-0.2, 0) is 15.8 Å².